The molecule has 0 bridgehead atoms. The maximum atomic E-state index is 6.33. The molecule has 64 heavy (non-hydrogen) atoms. The van der Waals surface area contributed by atoms with Gasteiger partial charge in [-0.25, -0.2) is 0 Å². The molecular formula is C60H42N2OSi. The van der Waals surface area contributed by atoms with Crippen molar-refractivity contribution in [1.82, 2.24) is 4.57 Å². The van der Waals surface area contributed by atoms with Crippen molar-refractivity contribution in [2.45, 2.75) is 0 Å². The van der Waals surface area contributed by atoms with Gasteiger partial charge in [0.15, 0.2) is 8.07 Å². The smallest absolute Gasteiger partial charge is 0.179 e. The molecule has 302 valence electrons. The third-order valence-corrected chi connectivity index (χ3v) is 17.7. The Kier molecular flexibility index (Phi) is 9.17. The first-order valence-electron chi connectivity index (χ1n) is 21.9. The van der Waals surface area contributed by atoms with E-state index in [4.69, 9.17) is 4.42 Å². The lowest BCUT2D eigenvalue weighted by Gasteiger charge is -2.35. The third-order valence-electron chi connectivity index (χ3n) is 12.9. The van der Waals surface area contributed by atoms with Crippen LogP contribution in [0.2, 0.25) is 0 Å². The van der Waals surface area contributed by atoms with Crippen LogP contribution in [0.15, 0.2) is 259 Å². The molecular weight excluding hydrogens is 793 g/mol. The lowest BCUT2D eigenvalue weighted by atomic mass is 10.0. The number of fused-ring (bicyclic) bond motifs is 6. The minimum absolute atomic E-state index is 0.894. The lowest BCUT2D eigenvalue weighted by molar-refractivity contribution is 0.669. The number of aromatic nitrogens is 1. The highest BCUT2D eigenvalue weighted by Crippen LogP contribution is 2.44. The molecule has 0 fully saturated rings. The van der Waals surface area contributed by atoms with Gasteiger partial charge in [0.2, 0.25) is 0 Å². The fraction of sp³-hybridized carbons (Fsp3) is 0. The largest absolute Gasteiger partial charge is 0.456 e. The maximum absolute atomic E-state index is 6.33. The van der Waals surface area contributed by atoms with Crippen molar-refractivity contribution in [2.75, 3.05) is 4.90 Å². The average Bonchev–Trinajstić information content (AvgIpc) is 3.92. The first kappa shape index (κ1) is 37.6. The van der Waals surface area contributed by atoms with Crippen LogP contribution < -0.4 is 25.6 Å². The number of hydrogen-bond acceptors (Lipinski definition) is 2. The van der Waals surface area contributed by atoms with Gasteiger partial charge in [-0.2, -0.15) is 0 Å². The highest BCUT2D eigenvalue weighted by atomic mass is 28.3. The molecule has 10 aromatic carbocycles. The summed E-state index contributed by atoms with van der Waals surface area (Å²) in [6.07, 6.45) is 0. The van der Waals surface area contributed by atoms with Crippen molar-refractivity contribution in [2.24, 2.45) is 0 Å². The summed E-state index contributed by atoms with van der Waals surface area (Å²) in [7, 11) is -2.84. The molecule has 12 rings (SSSR count). The monoisotopic (exact) mass is 834 g/mol. The van der Waals surface area contributed by atoms with Gasteiger partial charge in [0, 0.05) is 38.6 Å². The Morgan fingerprint density at radius 1 is 0.344 bits per heavy atom. The topological polar surface area (TPSA) is 21.3 Å². The van der Waals surface area contributed by atoms with E-state index in [-0.39, 0.29) is 0 Å². The first-order chi connectivity index (χ1) is 31.8. The van der Waals surface area contributed by atoms with Gasteiger partial charge in [-0.1, -0.05) is 182 Å². The van der Waals surface area contributed by atoms with Gasteiger partial charge in [0.25, 0.3) is 0 Å². The second kappa shape index (κ2) is 15.6. The van der Waals surface area contributed by atoms with Crippen LogP contribution in [0.25, 0.3) is 60.6 Å². The van der Waals surface area contributed by atoms with Gasteiger partial charge in [-0.15, -0.1) is 0 Å². The van der Waals surface area contributed by atoms with E-state index in [1.165, 1.54) is 37.0 Å². The van der Waals surface area contributed by atoms with Gasteiger partial charge in [-0.3, -0.25) is 0 Å². The number of hydrogen-bond donors (Lipinski definition) is 0. The van der Waals surface area contributed by atoms with Crippen LogP contribution in [-0.2, 0) is 0 Å². The molecule has 0 aliphatic heterocycles. The Hall–Kier alpha value is -8.18. The molecule has 0 spiro atoms. The van der Waals surface area contributed by atoms with Gasteiger partial charge >= 0.3 is 0 Å². The predicted molar refractivity (Wildman–Crippen MR) is 272 cm³/mol. The molecule has 0 amide bonds. The third kappa shape index (κ3) is 6.10. The van der Waals surface area contributed by atoms with Crippen molar-refractivity contribution in [3.8, 4) is 16.8 Å². The van der Waals surface area contributed by atoms with Crippen LogP contribution >= 0.6 is 0 Å². The van der Waals surface area contributed by atoms with E-state index in [1.54, 1.807) is 0 Å². The molecule has 0 saturated carbocycles. The van der Waals surface area contributed by atoms with E-state index >= 15 is 0 Å². The van der Waals surface area contributed by atoms with Crippen molar-refractivity contribution >= 4 is 89.6 Å². The molecule has 0 saturated heterocycles. The molecule has 2 heterocycles. The number of para-hydroxylation sites is 3. The highest BCUT2D eigenvalue weighted by molar-refractivity contribution is 7.19. The number of nitrogens with zero attached hydrogens (tertiary/aromatic N) is 2. The number of anilines is 3. The summed E-state index contributed by atoms with van der Waals surface area (Å²) in [6.45, 7) is 0. The Balaban J connectivity index is 1.10. The lowest BCUT2D eigenvalue weighted by Crippen LogP contribution is -2.74. The Bertz CT molecular complexity index is 3500. The molecule has 2 aromatic heterocycles. The van der Waals surface area contributed by atoms with E-state index in [0.29, 0.717) is 0 Å². The summed E-state index contributed by atoms with van der Waals surface area (Å²) in [5.74, 6) is 0. The molecule has 0 aliphatic carbocycles. The van der Waals surface area contributed by atoms with E-state index in [9.17, 15) is 0 Å². The second-order valence-corrected chi connectivity index (χ2v) is 20.3. The van der Waals surface area contributed by atoms with Crippen LogP contribution in [0, 0.1) is 0 Å². The van der Waals surface area contributed by atoms with E-state index in [2.05, 4.69) is 252 Å². The van der Waals surface area contributed by atoms with Crippen LogP contribution in [-0.4, -0.2) is 12.6 Å². The SMILES string of the molecule is c1ccc(-n2c3ccccc3c3c(N(c4ccc(-c5ccc6c(c5)oc5ccccc56)cc4)c4cccc([Si](c5ccccc5)(c5ccccc5)c5ccccc5)c4)cccc32)cc1. The van der Waals surface area contributed by atoms with Crippen molar-refractivity contribution in [1.29, 1.82) is 0 Å². The predicted octanol–water partition coefficient (Wildman–Crippen LogP) is 13.2. The van der Waals surface area contributed by atoms with Gasteiger partial charge in [0.05, 0.1) is 16.7 Å². The zero-order valence-corrected chi connectivity index (χ0v) is 36.1. The van der Waals surface area contributed by atoms with Crippen molar-refractivity contribution in [3.63, 3.8) is 0 Å². The molecule has 0 atom stereocenters. The fourth-order valence-electron chi connectivity index (χ4n) is 10.1. The molecule has 0 aliphatic rings. The molecule has 4 heteroatoms. The average molecular weight is 835 g/mol. The fourth-order valence-corrected chi connectivity index (χ4v) is 14.9. The normalized spacial score (nSPS) is 11.8. The summed E-state index contributed by atoms with van der Waals surface area (Å²) in [4.78, 5) is 2.47. The van der Waals surface area contributed by atoms with Crippen LogP contribution in [0.5, 0.6) is 0 Å². The molecule has 0 N–H and O–H groups in total. The number of benzene rings is 10. The summed E-state index contributed by atoms with van der Waals surface area (Å²) in [6, 6.07) is 93.0. The Morgan fingerprint density at radius 2 is 0.875 bits per heavy atom. The standard InChI is InChI=1S/C60H42N2OSi/c1-5-19-45(20-6-1)62-55-31-15-13-30-54(55)60-56(32-18-33-57(60)62)61(46-38-35-43(36-39-46)44-37-40-53-52-29-14-16-34-58(52)63-59(53)41-44)47-21-17-28-51(42-47)64(48-22-7-2-8-23-48,49-24-9-3-10-25-49)50-26-11-4-12-27-50/h1-42H. The summed E-state index contributed by atoms with van der Waals surface area (Å²) in [5, 5.41) is 10.0. The minimum Gasteiger partial charge on any atom is -0.456 e. The molecule has 12 aromatic rings. The Labute approximate surface area is 373 Å². The van der Waals surface area contributed by atoms with E-state index in [0.717, 1.165) is 61.3 Å². The number of rotatable bonds is 9. The highest BCUT2D eigenvalue weighted by Gasteiger charge is 2.41. The van der Waals surface area contributed by atoms with Crippen molar-refractivity contribution < 1.29 is 4.42 Å². The van der Waals surface area contributed by atoms with Crippen LogP contribution in [0.4, 0.5) is 17.1 Å². The number of furan rings is 1. The van der Waals surface area contributed by atoms with E-state index < -0.39 is 8.07 Å². The zero-order valence-electron chi connectivity index (χ0n) is 35.1. The quantitative estimate of drug-likeness (QED) is 0.107. The molecule has 3 nitrogen and oxygen atoms in total. The molecule has 0 radical (unpaired) electrons. The van der Waals surface area contributed by atoms with E-state index in [1.807, 2.05) is 12.1 Å². The first-order valence-corrected chi connectivity index (χ1v) is 23.9. The van der Waals surface area contributed by atoms with Gasteiger partial charge in [0.1, 0.15) is 11.2 Å². The van der Waals surface area contributed by atoms with Crippen molar-refractivity contribution in [3.05, 3.63) is 255 Å². The molecule has 0 unspecified atom stereocenters. The maximum Gasteiger partial charge on any atom is 0.179 e. The summed E-state index contributed by atoms with van der Waals surface area (Å²) >= 11 is 0. The summed E-state index contributed by atoms with van der Waals surface area (Å²) in [5.41, 5.74) is 10.8. The van der Waals surface area contributed by atoms with Crippen LogP contribution in [0.3, 0.4) is 0 Å². The minimum atomic E-state index is -2.84. The zero-order chi connectivity index (χ0) is 42.5. The van der Waals surface area contributed by atoms with Gasteiger partial charge in [-0.05, 0) is 105 Å². The second-order valence-electron chi connectivity index (χ2n) is 16.4. The van der Waals surface area contributed by atoms with Gasteiger partial charge < -0.3 is 13.9 Å². The Morgan fingerprint density at radius 3 is 1.56 bits per heavy atom. The summed E-state index contributed by atoms with van der Waals surface area (Å²) < 4.78 is 8.73. The van der Waals surface area contributed by atoms with Crippen LogP contribution in [0.1, 0.15) is 0 Å².